The normalized spacial score (nSPS) is 22.4. The molecule has 7 nitrogen and oxygen atoms in total. The minimum atomic E-state index is -0.405. The molecular weight excluding hydrogens is 414 g/mol. The second-order valence-electron chi connectivity index (χ2n) is 10.1. The van der Waals surface area contributed by atoms with Gasteiger partial charge in [-0.15, -0.1) is 0 Å². The maximum absolute atomic E-state index is 11.8. The Labute approximate surface area is 194 Å². The number of nitrogens with zero attached hydrogens (tertiary/aromatic N) is 3. The zero-order valence-electron chi connectivity index (χ0n) is 19.4. The number of allylic oxidation sites excluding steroid dienone is 3. The van der Waals surface area contributed by atoms with Crippen LogP contribution >= 0.6 is 0 Å². The van der Waals surface area contributed by atoms with Gasteiger partial charge in [0.1, 0.15) is 11.6 Å². The second kappa shape index (κ2) is 8.22. The van der Waals surface area contributed by atoms with Crippen molar-refractivity contribution in [1.82, 2.24) is 15.3 Å². The van der Waals surface area contributed by atoms with Crippen molar-refractivity contribution >= 4 is 11.8 Å². The topological polar surface area (TPSA) is 94.0 Å². The number of anilines is 1. The lowest BCUT2D eigenvalue weighted by molar-refractivity contribution is -0.214. The summed E-state index contributed by atoms with van der Waals surface area (Å²) in [5.41, 5.74) is 6.60. The number of nitrogens with one attached hydrogen (secondary N) is 2. The van der Waals surface area contributed by atoms with Crippen LogP contribution in [0.15, 0.2) is 41.4 Å². The Bertz CT molecular complexity index is 1210. The van der Waals surface area contributed by atoms with E-state index in [1.165, 1.54) is 16.7 Å². The van der Waals surface area contributed by atoms with E-state index in [-0.39, 0.29) is 11.8 Å². The summed E-state index contributed by atoms with van der Waals surface area (Å²) in [6, 6.07) is 8.99. The van der Waals surface area contributed by atoms with Crippen LogP contribution in [0.4, 0.5) is 5.82 Å². The largest absolute Gasteiger partial charge is 0.341 e. The third-order valence-corrected chi connectivity index (χ3v) is 6.76. The van der Waals surface area contributed by atoms with Gasteiger partial charge >= 0.3 is 0 Å². The van der Waals surface area contributed by atoms with Gasteiger partial charge in [-0.25, -0.2) is 9.86 Å². The fraction of sp³-hybridized carbons (Fsp3) is 0.462. The number of carbonyl (C=O) groups excluding carboxylic acids is 1. The van der Waals surface area contributed by atoms with Crippen molar-refractivity contribution in [3.8, 4) is 6.07 Å². The molecule has 3 heterocycles. The first-order valence-electron chi connectivity index (χ1n) is 11.7. The lowest BCUT2D eigenvalue weighted by atomic mass is 9.77. The number of H-pyrrole nitrogens is 1. The average Bonchev–Trinajstić information content (AvgIpc) is 3.46. The molecule has 0 spiro atoms. The molecule has 2 atom stereocenters. The standard InChI is InChI=1S/C26H29N5O2/c1-26(2,3)33-31-11-10-17(12-18(31)15-32)24-21(13-27)23(22-14-28-30-25(22)29-24)20-9-5-7-16-6-4-8-19(16)20/h5,7,9,14,17,23H,4,6,8,10-12H2,1-3H3,(H2,28,29,30). The van der Waals surface area contributed by atoms with Crippen LogP contribution in [0.2, 0.25) is 0 Å². The number of piperidine rings is 1. The lowest BCUT2D eigenvalue weighted by Gasteiger charge is -2.39. The quantitative estimate of drug-likeness (QED) is 0.684. The second-order valence-corrected chi connectivity index (χ2v) is 10.1. The third kappa shape index (κ3) is 3.86. The highest BCUT2D eigenvalue weighted by atomic mass is 16.7. The van der Waals surface area contributed by atoms with Crippen LogP contribution in [0.25, 0.3) is 0 Å². The van der Waals surface area contributed by atoms with Crippen LogP contribution in [0.3, 0.4) is 0 Å². The van der Waals surface area contributed by atoms with Crippen LogP contribution in [-0.2, 0) is 22.5 Å². The number of fused-ring (bicyclic) bond motifs is 2. The summed E-state index contributed by atoms with van der Waals surface area (Å²) in [5, 5.41) is 22.9. The minimum absolute atomic E-state index is 0.0139. The Hall–Kier alpha value is -3.33. The zero-order chi connectivity index (χ0) is 23.2. The summed E-state index contributed by atoms with van der Waals surface area (Å²) in [4.78, 5) is 17.8. The van der Waals surface area contributed by atoms with E-state index in [0.29, 0.717) is 24.2 Å². The maximum Gasteiger partial charge on any atom is 0.156 e. The number of rotatable bonds is 3. The van der Waals surface area contributed by atoms with Crippen molar-refractivity contribution in [3.05, 3.63) is 63.6 Å². The number of benzene rings is 1. The zero-order valence-corrected chi connectivity index (χ0v) is 19.4. The van der Waals surface area contributed by atoms with Crippen molar-refractivity contribution in [2.75, 3.05) is 11.9 Å². The first-order valence-corrected chi connectivity index (χ1v) is 11.7. The summed E-state index contributed by atoms with van der Waals surface area (Å²) in [6.07, 6.45) is 6.39. The Morgan fingerprint density at radius 1 is 1.24 bits per heavy atom. The molecule has 2 aromatic rings. The monoisotopic (exact) mass is 443 g/mol. The number of nitriles is 1. The Morgan fingerprint density at radius 3 is 2.85 bits per heavy atom. The maximum atomic E-state index is 11.8. The van der Waals surface area contributed by atoms with Crippen molar-refractivity contribution in [1.29, 1.82) is 5.26 Å². The fourth-order valence-electron chi connectivity index (χ4n) is 5.43. The van der Waals surface area contributed by atoms with Gasteiger partial charge in [-0.05, 0) is 63.1 Å². The molecule has 1 fully saturated rings. The molecule has 0 bridgehead atoms. The Balaban J connectivity index is 1.55. The molecule has 33 heavy (non-hydrogen) atoms. The van der Waals surface area contributed by atoms with E-state index in [4.69, 9.17) is 4.84 Å². The van der Waals surface area contributed by atoms with Crippen molar-refractivity contribution in [2.24, 2.45) is 5.92 Å². The number of aromatic amines is 1. The third-order valence-electron chi connectivity index (χ3n) is 6.76. The van der Waals surface area contributed by atoms with Crippen molar-refractivity contribution in [3.63, 3.8) is 0 Å². The molecule has 1 saturated heterocycles. The molecule has 0 radical (unpaired) electrons. The van der Waals surface area contributed by atoms with Crippen LogP contribution in [0, 0.1) is 17.2 Å². The average molecular weight is 444 g/mol. The highest BCUT2D eigenvalue weighted by Gasteiger charge is 2.38. The predicted octanol–water partition coefficient (Wildman–Crippen LogP) is 4.39. The van der Waals surface area contributed by atoms with E-state index in [9.17, 15) is 10.1 Å². The molecule has 0 saturated carbocycles. The molecule has 1 aliphatic carbocycles. The number of hydroxylamine groups is 2. The van der Waals surface area contributed by atoms with Gasteiger partial charge in [-0.2, -0.15) is 10.4 Å². The molecule has 2 unspecified atom stereocenters. The van der Waals surface area contributed by atoms with Crippen LogP contribution < -0.4 is 5.32 Å². The van der Waals surface area contributed by atoms with Gasteiger partial charge in [0.25, 0.3) is 0 Å². The van der Waals surface area contributed by atoms with E-state index >= 15 is 0 Å². The predicted molar refractivity (Wildman–Crippen MR) is 125 cm³/mol. The summed E-state index contributed by atoms with van der Waals surface area (Å²) in [7, 11) is 0. The van der Waals surface area contributed by atoms with Gasteiger partial charge in [0, 0.05) is 36.3 Å². The van der Waals surface area contributed by atoms with Gasteiger partial charge in [-0.1, -0.05) is 18.2 Å². The van der Waals surface area contributed by atoms with Crippen LogP contribution in [0.5, 0.6) is 0 Å². The number of aryl methyl sites for hydroxylation is 1. The highest BCUT2D eigenvalue weighted by molar-refractivity contribution is 5.66. The van der Waals surface area contributed by atoms with E-state index < -0.39 is 5.60 Å². The Morgan fingerprint density at radius 2 is 2.09 bits per heavy atom. The first kappa shape index (κ1) is 21.5. The molecule has 7 heteroatoms. The summed E-state index contributed by atoms with van der Waals surface area (Å²) in [6.45, 7) is 6.45. The minimum Gasteiger partial charge on any atom is -0.341 e. The Kier molecular flexibility index (Phi) is 5.36. The summed E-state index contributed by atoms with van der Waals surface area (Å²) >= 11 is 0. The fourth-order valence-corrected chi connectivity index (χ4v) is 5.43. The molecule has 2 aliphatic heterocycles. The molecule has 3 aliphatic rings. The first-order chi connectivity index (χ1) is 15.9. The molecular formula is C26H29N5O2. The molecule has 1 aromatic heterocycles. The van der Waals surface area contributed by atoms with Gasteiger partial charge in [0.2, 0.25) is 0 Å². The van der Waals surface area contributed by atoms with E-state index in [0.717, 1.165) is 42.8 Å². The molecule has 1 aromatic carbocycles. The lowest BCUT2D eigenvalue weighted by Crippen LogP contribution is -2.40. The van der Waals surface area contributed by atoms with Crippen molar-refractivity contribution in [2.45, 2.75) is 64.4 Å². The van der Waals surface area contributed by atoms with Gasteiger partial charge in [0.05, 0.1) is 23.2 Å². The van der Waals surface area contributed by atoms with Crippen molar-refractivity contribution < 1.29 is 9.63 Å². The van der Waals surface area contributed by atoms with Crippen LogP contribution in [-0.4, -0.2) is 33.3 Å². The smallest absolute Gasteiger partial charge is 0.156 e. The van der Waals surface area contributed by atoms with E-state index in [1.807, 2.05) is 27.0 Å². The number of aromatic nitrogens is 2. The molecule has 0 amide bonds. The molecule has 2 N–H and O–H groups in total. The SMILES string of the molecule is CC(C)(C)ON1CCC(C2=C(C#N)C(c3cccc4c3CCC4)c3c[nH]nc3N2)CC1=C=O. The van der Waals surface area contributed by atoms with Gasteiger partial charge < -0.3 is 5.32 Å². The molecule has 5 rings (SSSR count). The van der Waals surface area contributed by atoms with Gasteiger partial charge in [-0.3, -0.25) is 9.94 Å². The highest BCUT2D eigenvalue weighted by Crippen LogP contribution is 2.46. The van der Waals surface area contributed by atoms with E-state index in [2.05, 4.69) is 45.7 Å². The molecule has 170 valence electrons. The van der Waals surface area contributed by atoms with Gasteiger partial charge in [0.15, 0.2) is 5.82 Å². The van der Waals surface area contributed by atoms with E-state index in [1.54, 1.807) is 5.06 Å². The van der Waals surface area contributed by atoms with Crippen LogP contribution in [0.1, 0.15) is 68.2 Å². The summed E-state index contributed by atoms with van der Waals surface area (Å²) < 4.78 is 0. The summed E-state index contributed by atoms with van der Waals surface area (Å²) in [5.74, 6) is 2.66. The number of hydrogen-bond acceptors (Lipinski definition) is 6. The number of hydrogen-bond donors (Lipinski definition) is 2.